The predicted octanol–water partition coefficient (Wildman–Crippen LogP) is 0.621. The minimum absolute atomic E-state index is 0. The number of hydrogen-bond acceptors (Lipinski definition) is 8. The summed E-state index contributed by atoms with van der Waals surface area (Å²) < 4.78 is 0. The Hall–Kier alpha value is -2.95. The lowest BCUT2D eigenvalue weighted by atomic mass is 9.72. The third kappa shape index (κ3) is 6.55. The van der Waals surface area contributed by atoms with E-state index in [0.717, 1.165) is 4.90 Å². The first-order valence-electron chi connectivity index (χ1n) is 10.9. The van der Waals surface area contributed by atoms with Gasteiger partial charge < -0.3 is 25.7 Å². The van der Waals surface area contributed by atoms with Crippen LogP contribution in [0.15, 0.2) is 12.1 Å². The molecule has 10 heteroatoms. The summed E-state index contributed by atoms with van der Waals surface area (Å²) in [5.74, 6) is -4.63. The lowest BCUT2D eigenvalue weighted by molar-refractivity contribution is -0.131. The van der Waals surface area contributed by atoms with Gasteiger partial charge in [0.1, 0.15) is 17.3 Å². The number of phenols is 1. The number of benzene rings is 1. The van der Waals surface area contributed by atoms with Gasteiger partial charge in [-0.3, -0.25) is 24.0 Å². The molecule has 0 aromatic heterocycles. The third-order valence-electron chi connectivity index (χ3n) is 6.12. The number of aliphatic hydroxyl groups is 2. The smallest absolute Gasteiger partial charge is 0.294 e. The van der Waals surface area contributed by atoms with Crippen LogP contribution in [0.25, 0.3) is 0 Å². The SMILES string of the molecule is CC(=O)CC(=O)C(CO)C(CCO)CC1CC(=O)c2c(O)ccc(C(=O)C(=O)N(C)C)c2C1.O.[HH].[HH]. The Kier molecular flexibility index (Phi) is 10.7. The first kappa shape index (κ1) is 29.1. The second-order valence-electron chi connectivity index (χ2n) is 8.85. The number of Topliss-reactive ketones (excluding diaryl/α,β-unsaturated/α-hetero) is 4. The van der Waals surface area contributed by atoms with Crippen LogP contribution in [0.4, 0.5) is 0 Å². The molecule has 1 aliphatic carbocycles. The molecule has 0 saturated heterocycles. The van der Waals surface area contributed by atoms with E-state index in [1.54, 1.807) is 0 Å². The van der Waals surface area contributed by atoms with E-state index in [1.165, 1.54) is 33.2 Å². The molecule has 1 aromatic carbocycles. The lowest BCUT2D eigenvalue weighted by Gasteiger charge is -2.31. The van der Waals surface area contributed by atoms with Crippen LogP contribution in [0.3, 0.4) is 0 Å². The van der Waals surface area contributed by atoms with Crippen LogP contribution in [0.2, 0.25) is 0 Å². The first-order chi connectivity index (χ1) is 15.5. The van der Waals surface area contributed by atoms with Gasteiger partial charge in [-0.2, -0.15) is 0 Å². The zero-order valence-electron chi connectivity index (χ0n) is 19.7. The van der Waals surface area contributed by atoms with Crippen molar-refractivity contribution in [2.75, 3.05) is 27.3 Å². The second kappa shape index (κ2) is 12.5. The second-order valence-corrected chi connectivity index (χ2v) is 8.85. The minimum Gasteiger partial charge on any atom is -0.507 e. The number of carbonyl (C=O) groups excluding carboxylic acids is 5. The van der Waals surface area contributed by atoms with Gasteiger partial charge in [-0.15, -0.1) is 0 Å². The summed E-state index contributed by atoms with van der Waals surface area (Å²) in [7, 11) is 2.88. The summed E-state index contributed by atoms with van der Waals surface area (Å²) in [4.78, 5) is 62.8. The van der Waals surface area contributed by atoms with Crippen LogP contribution in [-0.4, -0.2) is 82.0 Å². The Bertz CT molecular complexity index is 965. The molecule has 0 spiro atoms. The molecule has 5 N–H and O–H groups in total. The molecular formula is C24H37NO9. The summed E-state index contributed by atoms with van der Waals surface area (Å²) in [6, 6.07) is 2.55. The van der Waals surface area contributed by atoms with Crippen molar-refractivity contribution in [2.45, 2.75) is 39.0 Å². The molecule has 3 unspecified atom stereocenters. The van der Waals surface area contributed by atoms with E-state index in [9.17, 15) is 39.3 Å². The highest BCUT2D eigenvalue weighted by atomic mass is 16.3. The van der Waals surface area contributed by atoms with Crippen molar-refractivity contribution >= 4 is 29.0 Å². The van der Waals surface area contributed by atoms with Gasteiger partial charge in [0, 0.05) is 41.5 Å². The van der Waals surface area contributed by atoms with Crippen molar-refractivity contribution in [2.24, 2.45) is 17.8 Å². The van der Waals surface area contributed by atoms with Crippen molar-refractivity contribution < 1.29 is 47.6 Å². The number of phenolic OH excluding ortho intramolecular Hbond substituents is 1. The fourth-order valence-corrected chi connectivity index (χ4v) is 4.55. The highest BCUT2D eigenvalue weighted by Gasteiger charge is 2.36. The van der Waals surface area contributed by atoms with Crippen LogP contribution < -0.4 is 0 Å². The van der Waals surface area contributed by atoms with Crippen molar-refractivity contribution in [3.63, 3.8) is 0 Å². The molecule has 1 aromatic rings. The highest BCUT2D eigenvalue weighted by molar-refractivity contribution is 6.43. The van der Waals surface area contributed by atoms with Crippen LogP contribution in [0.5, 0.6) is 5.75 Å². The number of fused-ring (bicyclic) bond motifs is 1. The Morgan fingerprint density at radius 1 is 1.15 bits per heavy atom. The summed E-state index contributed by atoms with van der Waals surface area (Å²) in [6.07, 6.45) is 0.403. The molecule has 0 bridgehead atoms. The van der Waals surface area contributed by atoms with E-state index in [4.69, 9.17) is 0 Å². The minimum atomic E-state index is -0.863. The number of amides is 1. The average molecular weight is 484 g/mol. The topological polar surface area (TPSA) is 181 Å². The zero-order valence-corrected chi connectivity index (χ0v) is 19.7. The van der Waals surface area contributed by atoms with E-state index in [-0.39, 0.29) is 87.0 Å². The number of hydrogen-bond donors (Lipinski definition) is 3. The number of rotatable bonds is 11. The fourth-order valence-electron chi connectivity index (χ4n) is 4.55. The number of likely N-dealkylation sites (N-methyl/N-ethyl adjacent to an activating group) is 1. The van der Waals surface area contributed by atoms with E-state index in [2.05, 4.69) is 0 Å². The number of nitrogens with zero attached hydrogens (tertiary/aromatic N) is 1. The number of aromatic hydroxyl groups is 1. The van der Waals surface area contributed by atoms with Crippen molar-refractivity contribution in [1.82, 2.24) is 4.90 Å². The van der Waals surface area contributed by atoms with Gasteiger partial charge in [0.2, 0.25) is 0 Å². The molecule has 0 radical (unpaired) electrons. The third-order valence-corrected chi connectivity index (χ3v) is 6.12. The van der Waals surface area contributed by atoms with E-state index in [0.29, 0.717) is 0 Å². The molecule has 0 aliphatic heterocycles. The molecule has 0 fully saturated rings. The van der Waals surface area contributed by atoms with Crippen molar-refractivity contribution in [1.29, 1.82) is 0 Å². The van der Waals surface area contributed by atoms with Gasteiger partial charge in [0.15, 0.2) is 5.78 Å². The summed E-state index contributed by atoms with van der Waals surface area (Å²) in [5, 5.41) is 29.6. The normalized spacial score (nSPS) is 16.6. The molecule has 1 aliphatic rings. The van der Waals surface area contributed by atoms with Crippen molar-refractivity contribution in [3.8, 4) is 5.75 Å². The maximum absolute atomic E-state index is 12.9. The number of aliphatic hydroxyl groups excluding tert-OH is 2. The molecule has 34 heavy (non-hydrogen) atoms. The number of ketones is 4. The molecular weight excluding hydrogens is 446 g/mol. The lowest BCUT2D eigenvalue weighted by Crippen LogP contribution is -2.34. The van der Waals surface area contributed by atoms with Crippen LogP contribution in [0, 0.1) is 17.8 Å². The van der Waals surface area contributed by atoms with Crippen LogP contribution in [0.1, 0.15) is 61.7 Å². The predicted molar refractivity (Wildman–Crippen MR) is 126 cm³/mol. The van der Waals surface area contributed by atoms with Gasteiger partial charge in [0.05, 0.1) is 18.6 Å². The fraction of sp³-hybridized carbons (Fsp3) is 0.542. The molecule has 1 amide bonds. The summed E-state index contributed by atoms with van der Waals surface area (Å²) in [5.41, 5.74) is 0.355. The Balaban J connectivity index is 0. The molecule has 3 atom stereocenters. The van der Waals surface area contributed by atoms with E-state index < -0.39 is 35.9 Å². The maximum atomic E-state index is 12.9. The number of carbonyl (C=O) groups is 5. The van der Waals surface area contributed by atoms with E-state index in [1.807, 2.05) is 0 Å². The van der Waals surface area contributed by atoms with Gasteiger partial charge in [-0.05, 0) is 55.7 Å². The molecule has 0 heterocycles. The standard InChI is InChI=1S/C24H31NO8.H2O.2H2/c1-13(28)8-20(30)18(12-27)15(6-7-26)9-14-10-17-16(23(32)24(33)25(2)3)4-5-19(29)22(17)21(31)11-14;;;/h4-5,14-15,18,26-27,29H,6-12H2,1-3H3;1H2;2*1H. The summed E-state index contributed by atoms with van der Waals surface area (Å²) in [6.45, 7) is 0.549. The van der Waals surface area contributed by atoms with Gasteiger partial charge in [-0.25, -0.2) is 0 Å². The molecule has 2 rings (SSSR count). The van der Waals surface area contributed by atoms with Crippen molar-refractivity contribution in [3.05, 3.63) is 28.8 Å². The Labute approximate surface area is 200 Å². The van der Waals surface area contributed by atoms with E-state index >= 15 is 0 Å². The molecule has 10 nitrogen and oxygen atoms in total. The molecule has 0 saturated carbocycles. The van der Waals surface area contributed by atoms with Crippen LogP contribution >= 0.6 is 0 Å². The summed E-state index contributed by atoms with van der Waals surface area (Å²) >= 11 is 0. The van der Waals surface area contributed by atoms with Gasteiger partial charge >= 0.3 is 0 Å². The first-order valence-corrected chi connectivity index (χ1v) is 10.9. The quantitative estimate of drug-likeness (QED) is 0.233. The van der Waals surface area contributed by atoms with Crippen LogP contribution in [-0.2, 0) is 20.8 Å². The Morgan fingerprint density at radius 2 is 1.79 bits per heavy atom. The highest BCUT2D eigenvalue weighted by Crippen LogP contribution is 2.38. The van der Waals surface area contributed by atoms with Gasteiger partial charge in [-0.1, -0.05) is 0 Å². The Morgan fingerprint density at radius 3 is 2.32 bits per heavy atom. The largest absolute Gasteiger partial charge is 0.507 e. The van der Waals surface area contributed by atoms with Gasteiger partial charge in [0.25, 0.3) is 11.7 Å². The molecule has 192 valence electrons. The zero-order chi connectivity index (χ0) is 24.9. The maximum Gasteiger partial charge on any atom is 0.294 e. The monoisotopic (exact) mass is 483 g/mol. The average Bonchev–Trinajstić information content (AvgIpc) is 2.72.